The molecule has 4 unspecified atom stereocenters. The molecule has 2 rings (SSSR count). The summed E-state index contributed by atoms with van der Waals surface area (Å²) in [7, 11) is 0. The van der Waals surface area contributed by atoms with Gasteiger partial charge in [0.05, 0.1) is 30.5 Å². The smallest absolute Gasteiger partial charge is 0.309 e. The number of ether oxygens (including phenoxy) is 1. The highest BCUT2D eigenvalue weighted by Crippen LogP contribution is 2.21. The number of hydrogen-bond donors (Lipinski definition) is 2. The lowest BCUT2D eigenvalue weighted by atomic mass is 9.96. The molecule has 1 saturated heterocycles. The number of nitrogens with zero attached hydrogens (tertiary/aromatic N) is 1. The van der Waals surface area contributed by atoms with Crippen LogP contribution in [0, 0.1) is 17.8 Å². The second kappa shape index (κ2) is 15.2. The van der Waals surface area contributed by atoms with E-state index in [0.29, 0.717) is 25.8 Å². The fraction of sp³-hybridized carbons (Fsp3) is 0.552. The summed E-state index contributed by atoms with van der Waals surface area (Å²) in [6.45, 7) is 12.0. The van der Waals surface area contributed by atoms with E-state index in [0.717, 1.165) is 18.4 Å². The van der Waals surface area contributed by atoms with Crippen molar-refractivity contribution in [1.82, 2.24) is 10.2 Å². The van der Waals surface area contributed by atoms with E-state index in [2.05, 4.69) is 18.5 Å². The van der Waals surface area contributed by atoms with Gasteiger partial charge in [0.2, 0.25) is 11.8 Å². The number of hydrogen-bond acceptors (Lipinski definition) is 5. The number of rotatable bonds is 15. The monoisotopic (exact) mass is 498 g/mol. The molecular formula is C29H42N2O5. The van der Waals surface area contributed by atoms with Crippen LogP contribution in [-0.2, 0) is 25.5 Å². The molecule has 1 aromatic carbocycles. The summed E-state index contributed by atoms with van der Waals surface area (Å²) in [4.78, 5) is 40.5. The van der Waals surface area contributed by atoms with Gasteiger partial charge in [-0.1, -0.05) is 56.3 Å². The van der Waals surface area contributed by atoms with E-state index in [1.807, 2.05) is 44.2 Å². The fourth-order valence-electron chi connectivity index (χ4n) is 4.52. The highest BCUT2D eigenvalue weighted by molar-refractivity contribution is 5.86. The van der Waals surface area contributed by atoms with Crippen LogP contribution in [0.3, 0.4) is 0 Å². The Morgan fingerprint density at radius 2 is 1.81 bits per heavy atom. The molecule has 0 bridgehead atoms. The number of amides is 2. The SMILES string of the molecule is C=CCC(CC(=O)N1CCCC1CO)C(=O)NC(COC(=O)C(CC=C)Cc1ccccc1)C(C)C. The molecule has 1 heterocycles. The zero-order valence-corrected chi connectivity index (χ0v) is 21.7. The van der Waals surface area contributed by atoms with E-state index in [9.17, 15) is 19.5 Å². The molecule has 0 aliphatic carbocycles. The van der Waals surface area contributed by atoms with Crippen molar-refractivity contribution < 1.29 is 24.2 Å². The van der Waals surface area contributed by atoms with Crippen molar-refractivity contribution in [3.63, 3.8) is 0 Å². The minimum Gasteiger partial charge on any atom is -0.463 e. The van der Waals surface area contributed by atoms with Crippen molar-refractivity contribution in [1.29, 1.82) is 0 Å². The molecule has 2 N–H and O–H groups in total. The first-order valence-electron chi connectivity index (χ1n) is 12.9. The summed E-state index contributed by atoms with van der Waals surface area (Å²) < 4.78 is 5.66. The lowest BCUT2D eigenvalue weighted by Gasteiger charge is -2.27. The van der Waals surface area contributed by atoms with Crippen LogP contribution in [-0.4, -0.2) is 59.6 Å². The Labute approximate surface area is 215 Å². The zero-order valence-electron chi connectivity index (χ0n) is 21.7. The van der Waals surface area contributed by atoms with Crippen LogP contribution < -0.4 is 5.32 Å². The number of nitrogens with one attached hydrogen (secondary N) is 1. The van der Waals surface area contributed by atoms with Crippen molar-refractivity contribution >= 4 is 17.8 Å². The van der Waals surface area contributed by atoms with Gasteiger partial charge in [-0.2, -0.15) is 0 Å². The molecule has 2 amide bonds. The molecule has 198 valence electrons. The van der Waals surface area contributed by atoms with E-state index >= 15 is 0 Å². The minimum atomic E-state index is -0.571. The van der Waals surface area contributed by atoms with Crippen molar-refractivity contribution in [2.24, 2.45) is 17.8 Å². The van der Waals surface area contributed by atoms with Crippen molar-refractivity contribution in [3.05, 3.63) is 61.2 Å². The third kappa shape index (κ3) is 8.94. The normalized spacial score (nSPS) is 17.8. The van der Waals surface area contributed by atoms with Gasteiger partial charge in [-0.15, -0.1) is 13.2 Å². The predicted molar refractivity (Wildman–Crippen MR) is 141 cm³/mol. The predicted octanol–water partition coefficient (Wildman–Crippen LogP) is 3.67. The number of benzene rings is 1. The van der Waals surface area contributed by atoms with Crippen molar-refractivity contribution in [2.45, 2.75) is 64.5 Å². The van der Waals surface area contributed by atoms with Gasteiger partial charge in [0, 0.05) is 13.0 Å². The lowest BCUT2D eigenvalue weighted by Crippen LogP contribution is -2.46. The molecular weight excluding hydrogens is 456 g/mol. The number of esters is 1. The summed E-state index contributed by atoms with van der Waals surface area (Å²) >= 11 is 0. The zero-order chi connectivity index (χ0) is 26.5. The Hall–Kier alpha value is -2.93. The Morgan fingerprint density at radius 1 is 1.14 bits per heavy atom. The molecule has 0 spiro atoms. The summed E-state index contributed by atoms with van der Waals surface area (Å²) in [5.41, 5.74) is 1.05. The fourth-order valence-corrected chi connectivity index (χ4v) is 4.52. The highest BCUT2D eigenvalue weighted by atomic mass is 16.5. The number of allylic oxidation sites excluding steroid dienone is 2. The summed E-state index contributed by atoms with van der Waals surface area (Å²) in [5, 5.41) is 12.5. The molecule has 36 heavy (non-hydrogen) atoms. The number of aliphatic hydroxyl groups is 1. The Bertz CT molecular complexity index is 870. The van der Waals surface area contributed by atoms with Gasteiger partial charge < -0.3 is 20.1 Å². The number of likely N-dealkylation sites (tertiary alicyclic amines) is 1. The Morgan fingerprint density at radius 3 is 2.42 bits per heavy atom. The standard InChI is InChI=1S/C29H42N2O5/c1-5-11-23(18-27(33)31-16-10-15-25(31)19-32)28(34)30-26(21(3)4)20-36-29(35)24(12-6-2)17-22-13-8-7-9-14-22/h5-9,13-14,21,23-26,32H,1-2,10-12,15-20H2,3-4H3,(H,30,34). The minimum absolute atomic E-state index is 0.0196. The van der Waals surface area contributed by atoms with Crippen molar-refractivity contribution in [3.8, 4) is 0 Å². The van der Waals surface area contributed by atoms with Gasteiger partial charge in [0.1, 0.15) is 6.61 Å². The maximum Gasteiger partial charge on any atom is 0.309 e. The molecule has 7 heteroatoms. The Balaban J connectivity index is 1.98. The maximum atomic E-state index is 13.1. The van der Waals surface area contributed by atoms with Crippen LogP contribution in [0.1, 0.15) is 51.5 Å². The van der Waals surface area contributed by atoms with E-state index in [-0.39, 0.29) is 61.3 Å². The molecule has 1 aliphatic heterocycles. The largest absolute Gasteiger partial charge is 0.463 e. The summed E-state index contributed by atoms with van der Waals surface area (Å²) in [6, 6.07) is 9.21. The van der Waals surface area contributed by atoms with Crippen LogP contribution in [0.2, 0.25) is 0 Å². The average molecular weight is 499 g/mol. The van der Waals surface area contributed by atoms with Gasteiger partial charge in [0.25, 0.3) is 0 Å². The molecule has 1 fully saturated rings. The molecule has 0 radical (unpaired) electrons. The Kier molecular flexibility index (Phi) is 12.4. The van der Waals surface area contributed by atoms with Crippen LogP contribution >= 0.6 is 0 Å². The number of carbonyl (C=O) groups is 3. The second-order valence-electron chi connectivity index (χ2n) is 9.89. The topological polar surface area (TPSA) is 95.9 Å². The number of carbonyl (C=O) groups excluding carboxylic acids is 3. The number of aliphatic hydroxyl groups excluding tert-OH is 1. The maximum absolute atomic E-state index is 13.1. The van der Waals surface area contributed by atoms with E-state index < -0.39 is 5.92 Å². The van der Waals surface area contributed by atoms with Crippen LogP contribution in [0.15, 0.2) is 55.6 Å². The molecule has 1 aromatic rings. The molecule has 0 saturated carbocycles. The van der Waals surface area contributed by atoms with E-state index in [1.54, 1.807) is 17.1 Å². The molecule has 1 aliphatic rings. The van der Waals surface area contributed by atoms with Gasteiger partial charge >= 0.3 is 5.97 Å². The molecule has 7 nitrogen and oxygen atoms in total. The first kappa shape index (κ1) is 29.3. The second-order valence-corrected chi connectivity index (χ2v) is 9.89. The van der Waals surface area contributed by atoms with E-state index in [1.165, 1.54) is 0 Å². The average Bonchev–Trinajstić information content (AvgIpc) is 3.35. The van der Waals surface area contributed by atoms with Gasteiger partial charge in [0.15, 0.2) is 0 Å². The quantitative estimate of drug-likeness (QED) is 0.284. The first-order chi connectivity index (χ1) is 17.3. The molecule has 0 aromatic heterocycles. The third-order valence-electron chi connectivity index (χ3n) is 6.80. The van der Waals surface area contributed by atoms with Crippen LogP contribution in [0.5, 0.6) is 0 Å². The molecule has 4 atom stereocenters. The first-order valence-corrected chi connectivity index (χ1v) is 12.9. The van der Waals surface area contributed by atoms with Crippen LogP contribution in [0.25, 0.3) is 0 Å². The van der Waals surface area contributed by atoms with Gasteiger partial charge in [-0.3, -0.25) is 14.4 Å². The third-order valence-corrected chi connectivity index (χ3v) is 6.80. The summed E-state index contributed by atoms with van der Waals surface area (Å²) in [5.74, 6) is -1.61. The van der Waals surface area contributed by atoms with Gasteiger partial charge in [-0.25, -0.2) is 0 Å². The van der Waals surface area contributed by atoms with Gasteiger partial charge in [-0.05, 0) is 43.6 Å². The summed E-state index contributed by atoms with van der Waals surface area (Å²) in [6.07, 6.45) is 6.45. The van der Waals surface area contributed by atoms with Crippen LogP contribution in [0.4, 0.5) is 0 Å². The van der Waals surface area contributed by atoms with Crippen molar-refractivity contribution in [2.75, 3.05) is 19.8 Å². The highest BCUT2D eigenvalue weighted by Gasteiger charge is 2.32. The van der Waals surface area contributed by atoms with E-state index in [4.69, 9.17) is 4.74 Å². The lowest BCUT2D eigenvalue weighted by molar-refractivity contribution is -0.150.